The molecule has 1 amide bonds. The first-order valence-electron chi connectivity index (χ1n) is 7.63. The molecule has 3 N–H and O–H groups in total. The van der Waals surface area contributed by atoms with Crippen LogP contribution in [0.5, 0.6) is 0 Å². The SMILES string of the molecule is CN1CCN(CCNC(=O)C(N)Cc2ccccc2)CC1. The Kier molecular flexibility index (Phi) is 6.17. The van der Waals surface area contributed by atoms with E-state index in [0.717, 1.165) is 38.3 Å². The van der Waals surface area contributed by atoms with Gasteiger partial charge in [-0.2, -0.15) is 0 Å². The Balaban J connectivity index is 1.65. The Morgan fingerprint density at radius 2 is 1.90 bits per heavy atom. The summed E-state index contributed by atoms with van der Waals surface area (Å²) in [5, 5.41) is 2.94. The van der Waals surface area contributed by atoms with Crippen molar-refractivity contribution in [3.63, 3.8) is 0 Å². The highest BCUT2D eigenvalue weighted by atomic mass is 16.2. The van der Waals surface area contributed by atoms with E-state index in [-0.39, 0.29) is 5.91 Å². The summed E-state index contributed by atoms with van der Waals surface area (Å²) >= 11 is 0. The van der Waals surface area contributed by atoms with Crippen LogP contribution in [0.25, 0.3) is 0 Å². The lowest BCUT2D eigenvalue weighted by atomic mass is 10.1. The number of hydrogen-bond acceptors (Lipinski definition) is 4. The van der Waals surface area contributed by atoms with Gasteiger partial charge in [-0.05, 0) is 19.0 Å². The minimum Gasteiger partial charge on any atom is -0.353 e. The minimum absolute atomic E-state index is 0.0621. The van der Waals surface area contributed by atoms with Crippen molar-refractivity contribution in [2.24, 2.45) is 5.73 Å². The zero-order valence-corrected chi connectivity index (χ0v) is 12.8. The van der Waals surface area contributed by atoms with Gasteiger partial charge in [0, 0.05) is 39.3 Å². The van der Waals surface area contributed by atoms with Crippen LogP contribution in [0.2, 0.25) is 0 Å². The quantitative estimate of drug-likeness (QED) is 0.769. The number of rotatable bonds is 6. The molecule has 0 aromatic heterocycles. The first-order valence-corrected chi connectivity index (χ1v) is 7.63. The fourth-order valence-corrected chi connectivity index (χ4v) is 2.50. The van der Waals surface area contributed by atoms with Gasteiger partial charge in [-0.15, -0.1) is 0 Å². The molecule has 5 heteroatoms. The van der Waals surface area contributed by atoms with Gasteiger partial charge in [0.1, 0.15) is 0 Å². The number of amides is 1. The third kappa shape index (κ3) is 5.46. The topological polar surface area (TPSA) is 61.6 Å². The van der Waals surface area contributed by atoms with Gasteiger partial charge in [0.25, 0.3) is 0 Å². The molecule has 1 heterocycles. The van der Waals surface area contributed by atoms with Crippen LogP contribution in [0.1, 0.15) is 5.56 Å². The fraction of sp³-hybridized carbons (Fsp3) is 0.562. The van der Waals surface area contributed by atoms with Crippen molar-refractivity contribution in [3.05, 3.63) is 35.9 Å². The minimum atomic E-state index is -0.472. The van der Waals surface area contributed by atoms with Crippen molar-refractivity contribution >= 4 is 5.91 Å². The highest BCUT2D eigenvalue weighted by Crippen LogP contribution is 2.02. The molecule has 0 saturated carbocycles. The maximum atomic E-state index is 12.0. The van der Waals surface area contributed by atoms with Crippen LogP contribution in [0.4, 0.5) is 0 Å². The molecular weight excluding hydrogens is 264 g/mol. The zero-order valence-electron chi connectivity index (χ0n) is 12.8. The Hall–Kier alpha value is -1.43. The number of benzene rings is 1. The number of nitrogens with zero attached hydrogens (tertiary/aromatic N) is 2. The van der Waals surface area contributed by atoms with E-state index >= 15 is 0 Å². The molecule has 1 aliphatic rings. The Morgan fingerprint density at radius 1 is 1.24 bits per heavy atom. The number of hydrogen-bond donors (Lipinski definition) is 2. The molecule has 0 bridgehead atoms. The lowest BCUT2D eigenvalue weighted by molar-refractivity contribution is -0.122. The number of nitrogens with two attached hydrogens (primary N) is 1. The molecule has 0 spiro atoms. The summed E-state index contributed by atoms with van der Waals surface area (Å²) in [6.07, 6.45) is 0.585. The molecule has 116 valence electrons. The van der Waals surface area contributed by atoms with Crippen LogP contribution in [-0.2, 0) is 11.2 Å². The van der Waals surface area contributed by atoms with Crippen molar-refractivity contribution in [2.75, 3.05) is 46.3 Å². The highest BCUT2D eigenvalue weighted by molar-refractivity contribution is 5.81. The van der Waals surface area contributed by atoms with Crippen LogP contribution < -0.4 is 11.1 Å². The number of nitrogens with one attached hydrogen (secondary N) is 1. The van der Waals surface area contributed by atoms with Gasteiger partial charge in [0.2, 0.25) is 5.91 Å². The smallest absolute Gasteiger partial charge is 0.237 e. The number of likely N-dealkylation sites (N-methyl/N-ethyl adjacent to an activating group) is 1. The average Bonchev–Trinajstić information content (AvgIpc) is 2.50. The van der Waals surface area contributed by atoms with Crippen molar-refractivity contribution in [1.82, 2.24) is 15.1 Å². The molecule has 1 aromatic carbocycles. The second kappa shape index (κ2) is 8.12. The standard InChI is InChI=1S/C16H26N4O/c1-19-9-11-20(12-10-19)8-7-18-16(21)15(17)13-14-5-3-2-4-6-14/h2-6,15H,7-13,17H2,1H3,(H,18,21). The van der Waals surface area contributed by atoms with Crippen LogP contribution in [0.3, 0.4) is 0 Å². The van der Waals surface area contributed by atoms with E-state index in [1.54, 1.807) is 0 Å². The maximum absolute atomic E-state index is 12.0. The normalized spacial score (nSPS) is 18.4. The zero-order chi connectivity index (χ0) is 15.1. The number of carbonyl (C=O) groups excluding carboxylic acids is 1. The van der Waals surface area contributed by atoms with Crippen molar-refractivity contribution in [1.29, 1.82) is 0 Å². The van der Waals surface area contributed by atoms with E-state index in [2.05, 4.69) is 22.2 Å². The second-order valence-electron chi connectivity index (χ2n) is 5.73. The van der Waals surface area contributed by atoms with Crippen LogP contribution in [0.15, 0.2) is 30.3 Å². The van der Waals surface area contributed by atoms with Gasteiger partial charge in [0.05, 0.1) is 6.04 Å². The summed E-state index contributed by atoms with van der Waals surface area (Å²) in [6.45, 7) is 5.91. The molecule has 0 aliphatic carbocycles. The monoisotopic (exact) mass is 290 g/mol. The predicted molar refractivity (Wildman–Crippen MR) is 85.1 cm³/mol. The molecule has 1 fully saturated rings. The van der Waals surface area contributed by atoms with Crippen molar-refractivity contribution in [3.8, 4) is 0 Å². The van der Waals surface area contributed by atoms with E-state index in [1.807, 2.05) is 30.3 Å². The van der Waals surface area contributed by atoms with E-state index in [0.29, 0.717) is 13.0 Å². The molecule has 1 saturated heterocycles. The average molecular weight is 290 g/mol. The largest absolute Gasteiger partial charge is 0.353 e. The number of piperazine rings is 1. The van der Waals surface area contributed by atoms with E-state index < -0.39 is 6.04 Å². The van der Waals surface area contributed by atoms with Gasteiger partial charge in [-0.3, -0.25) is 9.69 Å². The van der Waals surface area contributed by atoms with Crippen LogP contribution in [0, 0.1) is 0 Å². The Morgan fingerprint density at radius 3 is 2.57 bits per heavy atom. The lowest BCUT2D eigenvalue weighted by Crippen LogP contribution is -2.48. The summed E-state index contributed by atoms with van der Waals surface area (Å²) in [7, 11) is 2.14. The highest BCUT2D eigenvalue weighted by Gasteiger charge is 2.16. The lowest BCUT2D eigenvalue weighted by Gasteiger charge is -2.32. The van der Waals surface area contributed by atoms with Gasteiger partial charge in [-0.1, -0.05) is 30.3 Å². The molecule has 21 heavy (non-hydrogen) atoms. The fourth-order valence-electron chi connectivity index (χ4n) is 2.50. The summed E-state index contributed by atoms with van der Waals surface area (Å²) in [5.41, 5.74) is 7.05. The molecule has 1 atom stereocenters. The van der Waals surface area contributed by atoms with Gasteiger partial charge in [0.15, 0.2) is 0 Å². The summed E-state index contributed by atoms with van der Waals surface area (Å²) in [6, 6.07) is 9.42. The third-order valence-electron chi connectivity index (χ3n) is 3.96. The molecule has 0 radical (unpaired) electrons. The van der Waals surface area contributed by atoms with E-state index in [4.69, 9.17) is 5.73 Å². The number of carbonyl (C=O) groups is 1. The summed E-state index contributed by atoms with van der Waals surface area (Å²) in [4.78, 5) is 16.7. The van der Waals surface area contributed by atoms with E-state index in [9.17, 15) is 4.79 Å². The summed E-state index contributed by atoms with van der Waals surface area (Å²) < 4.78 is 0. The molecule has 5 nitrogen and oxygen atoms in total. The molecule has 1 aliphatic heterocycles. The van der Waals surface area contributed by atoms with Gasteiger partial charge < -0.3 is 16.0 Å². The van der Waals surface area contributed by atoms with Crippen LogP contribution >= 0.6 is 0 Å². The molecule has 2 rings (SSSR count). The third-order valence-corrected chi connectivity index (χ3v) is 3.96. The summed E-state index contributed by atoms with van der Waals surface area (Å²) in [5.74, 6) is -0.0621. The van der Waals surface area contributed by atoms with Crippen molar-refractivity contribution in [2.45, 2.75) is 12.5 Å². The predicted octanol–water partition coefficient (Wildman–Crippen LogP) is -0.0800. The molecular formula is C16H26N4O. The molecule has 1 unspecified atom stereocenters. The van der Waals surface area contributed by atoms with E-state index in [1.165, 1.54) is 0 Å². The van der Waals surface area contributed by atoms with Crippen molar-refractivity contribution < 1.29 is 4.79 Å². The Bertz CT molecular complexity index is 429. The molecule has 1 aromatic rings. The van der Waals surface area contributed by atoms with Crippen LogP contribution in [-0.4, -0.2) is 68.1 Å². The van der Waals surface area contributed by atoms with Gasteiger partial charge in [-0.25, -0.2) is 0 Å². The second-order valence-corrected chi connectivity index (χ2v) is 5.73. The van der Waals surface area contributed by atoms with Gasteiger partial charge >= 0.3 is 0 Å². The first-order chi connectivity index (χ1) is 10.1. The maximum Gasteiger partial charge on any atom is 0.237 e. The first kappa shape index (κ1) is 15.9. The Labute approximate surface area is 127 Å².